The predicted octanol–water partition coefficient (Wildman–Crippen LogP) is 3.41. The van der Waals surface area contributed by atoms with Gasteiger partial charge in [0, 0.05) is 16.5 Å². The van der Waals surface area contributed by atoms with E-state index in [2.05, 4.69) is 26.1 Å². The number of hydrogen-bond donors (Lipinski definition) is 0. The Kier molecular flexibility index (Phi) is 4.25. The Hall–Kier alpha value is -1.49. The van der Waals surface area contributed by atoms with Crippen molar-refractivity contribution < 1.29 is 9.32 Å². The van der Waals surface area contributed by atoms with E-state index in [1.807, 2.05) is 31.2 Å². The normalized spacial score (nSPS) is 10.6. The van der Waals surface area contributed by atoms with E-state index in [4.69, 9.17) is 4.52 Å². The molecular formula is C13H13BrN2O2. The molecule has 5 heteroatoms. The minimum atomic E-state index is 0.125. The van der Waals surface area contributed by atoms with Gasteiger partial charge in [-0.2, -0.15) is 4.98 Å². The molecule has 2 aromatic rings. The maximum absolute atomic E-state index is 11.5. The van der Waals surface area contributed by atoms with Crippen molar-refractivity contribution in [3.05, 3.63) is 34.6 Å². The van der Waals surface area contributed by atoms with E-state index < -0.39 is 0 Å². The van der Waals surface area contributed by atoms with Crippen LogP contribution in [0, 0.1) is 0 Å². The number of Topliss-reactive ketones (excluding diaryl/α,β-unsaturated/α-hetero) is 1. The number of halogens is 1. The first kappa shape index (κ1) is 13.0. The van der Waals surface area contributed by atoms with Crippen molar-refractivity contribution in [1.82, 2.24) is 10.1 Å². The number of benzene rings is 1. The average Bonchev–Trinajstić information content (AvgIpc) is 2.78. The van der Waals surface area contributed by atoms with Gasteiger partial charge in [-0.1, -0.05) is 40.1 Å². The molecule has 18 heavy (non-hydrogen) atoms. The minimum Gasteiger partial charge on any atom is -0.338 e. The molecule has 0 aliphatic carbocycles. The number of carbonyl (C=O) groups excluding carboxylic acids is 1. The Labute approximate surface area is 114 Å². The van der Waals surface area contributed by atoms with Gasteiger partial charge in [0.2, 0.25) is 11.7 Å². The Bertz CT molecular complexity index is 551. The maximum Gasteiger partial charge on any atom is 0.234 e. The summed E-state index contributed by atoms with van der Waals surface area (Å²) in [7, 11) is 0. The van der Waals surface area contributed by atoms with Gasteiger partial charge in [-0.25, -0.2) is 0 Å². The summed E-state index contributed by atoms with van der Waals surface area (Å²) in [5.41, 5.74) is 0.857. The van der Waals surface area contributed by atoms with Crippen molar-refractivity contribution in [2.24, 2.45) is 0 Å². The summed E-state index contributed by atoms with van der Waals surface area (Å²) in [5, 5.41) is 3.89. The van der Waals surface area contributed by atoms with Crippen LogP contribution in [-0.2, 0) is 11.2 Å². The van der Waals surface area contributed by atoms with Gasteiger partial charge in [0.15, 0.2) is 0 Å². The molecule has 1 heterocycles. The molecule has 0 atom stereocenters. The third-order valence-corrected chi connectivity index (χ3v) is 3.15. The highest BCUT2D eigenvalue weighted by atomic mass is 79.9. The molecule has 0 aliphatic rings. The van der Waals surface area contributed by atoms with Crippen LogP contribution < -0.4 is 0 Å². The second kappa shape index (κ2) is 5.91. The Morgan fingerprint density at radius 2 is 2.17 bits per heavy atom. The van der Waals surface area contributed by atoms with Gasteiger partial charge in [0.25, 0.3) is 0 Å². The van der Waals surface area contributed by atoms with Crippen LogP contribution in [0.25, 0.3) is 11.4 Å². The first-order valence-corrected chi connectivity index (χ1v) is 6.59. The molecule has 0 unspecified atom stereocenters. The maximum atomic E-state index is 11.5. The molecule has 0 aliphatic heterocycles. The monoisotopic (exact) mass is 308 g/mol. The van der Waals surface area contributed by atoms with Gasteiger partial charge in [-0.15, -0.1) is 0 Å². The Morgan fingerprint density at radius 1 is 1.39 bits per heavy atom. The lowest BCUT2D eigenvalue weighted by atomic mass is 10.2. The summed E-state index contributed by atoms with van der Waals surface area (Å²) in [4.78, 5) is 15.7. The van der Waals surface area contributed by atoms with E-state index in [0.717, 1.165) is 16.5 Å². The van der Waals surface area contributed by atoms with Gasteiger partial charge >= 0.3 is 0 Å². The molecule has 0 saturated heterocycles. The fourth-order valence-electron chi connectivity index (χ4n) is 1.61. The standard InChI is InChI=1S/C13H13BrN2O2/c1-2-5-9(17)8-12-15-13(16-18-12)10-6-3-4-7-11(10)14/h3-4,6-7H,2,5,8H2,1H3. The van der Waals surface area contributed by atoms with Crippen molar-refractivity contribution in [3.63, 3.8) is 0 Å². The molecule has 0 bridgehead atoms. The zero-order valence-electron chi connectivity index (χ0n) is 10.0. The zero-order chi connectivity index (χ0) is 13.0. The van der Waals surface area contributed by atoms with Crippen LogP contribution in [0.15, 0.2) is 33.3 Å². The molecule has 2 rings (SSSR count). The average molecular weight is 309 g/mol. The Morgan fingerprint density at radius 3 is 2.89 bits per heavy atom. The number of carbonyl (C=O) groups is 1. The fourth-order valence-corrected chi connectivity index (χ4v) is 2.08. The molecule has 0 fully saturated rings. The molecule has 1 aromatic carbocycles. The summed E-state index contributed by atoms with van der Waals surface area (Å²) < 4.78 is 5.99. The minimum absolute atomic E-state index is 0.125. The molecule has 4 nitrogen and oxygen atoms in total. The fraction of sp³-hybridized carbons (Fsp3) is 0.308. The predicted molar refractivity (Wildman–Crippen MR) is 71.1 cm³/mol. The van der Waals surface area contributed by atoms with E-state index in [-0.39, 0.29) is 12.2 Å². The SMILES string of the molecule is CCCC(=O)Cc1nc(-c2ccccc2Br)no1. The van der Waals surface area contributed by atoms with Crippen LogP contribution in [0.1, 0.15) is 25.7 Å². The van der Waals surface area contributed by atoms with Crippen molar-refractivity contribution in [3.8, 4) is 11.4 Å². The summed E-state index contributed by atoms with van der Waals surface area (Å²) in [6.45, 7) is 1.97. The van der Waals surface area contributed by atoms with Crippen molar-refractivity contribution in [2.75, 3.05) is 0 Å². The molecule has 0 saturated carbocycles. The summed E-state index contributed by atoms with van der Waals surface area (Å²) in [6.07, 6.45) is 1.60. The van der Waals surface area contributed by atoms with Crippen molar-refractivity contribution in [1.29, 1.82) is 0 Å². The Balaban J connectivity index is 2.16. The smallest absolute Gasteiger partial charge is 0.234 e. The van der Waals surface area contributed by atoms with E-state index in [1.54, 1.807) is 0 Å². The highest BCUT2D eigenvalue weighted by molar-refractivity contribution is 9.10. The zero-order valence-corrected chi connectivity index (χ0v) is 11.6. The van der Waals surface area contributed by atoms with Crippen LogP contribution >= 0.6 is 15.9 Å². The van der Waals surface area contributed by atoms with Gasteiger partial charge in [-0.3, -0.25) is 4.79 Å². The van der Waals surface area contributed by atoms with Gasteiger partial charge in [0.05, 0.1) is 6.42 Å². The quantitative estimate of drug-likeness (QED) is 0.849. The van der Waals surface area contributed by atoms with Crippen LogP contribution in [0.3, 0.4) is 0 Å². The molecule has 1 aromatic heterocycles. The number of ketones is 1. The van der Waals surface area contributed by atoms with Crippen LogP contribution in [0.2, 0.25) is 0 Å². The largest absolute Gasteiger partial charge is 0.338 e. The highest BCUT2D eigenvalue weighted by Gasteiger charge is 2.13. The molecule has 0 radical (unpaired) electrons. The second-order valence-electron chi connectivity index (χ2n) is 3.96. The van der Waals surface area contributed by atoms with Crippen LogP contribution in [0.5, 0.6) is 0 Å². The van der Waals surface area contributed by atoms with E-state index in [0.29, 0.717) is 18.1 Å². The second-order valence-corrected chi connectivity index (χ2v) is 4.81. The third-order valence-electron chi connectivity index (χ3n) is 2.46. The number of nitrogens with zero attached hydrogens (tertiary/aromatic N) is 2. The van der Waals surface area contributed by atoms with Gasteiger partial charge < -0.3 is 4.52 Å². The lowest BCUT2D eigenvalue weighted by Gasteiger charge is -1.96. The number of hydrogen-bond acceptors (Lipinski definition) is 4. The lowest BCUT2D eigenvalue weighted by molar-refractivity contribution is -0.118. The summed E-state index contributed by atoms with van der Waals surface area (Å²) in [6, 6.07) is 7.62. The van der Waals surface area contributed by atoms with Crippen molar-refractivity contribution in [2.45, 2.75) is 26.2 Å². The van der Waals surface area contributed by atoms with E-state index >= 15 is 0 Å². The van der Waals surface area contributed by atoms with E-state index in [9.17, 15) is 4.79 Å². The topological polar surface area (TPSA) is 56.0 Å². The summed E-state index contributed by atoms with van der Waals surface area (Å²) in [5.74, 6) is 1.00. The van der Waals surface area contributed by atoms with Crippen LogP contribution in [0.4, 0.5) is 0 Å². The molecule has 0 amide bonds. The first-order chi connectivity index (χ1) is 8.70. The summed E-state index contributed by atoms with van der Waals surface area (Å²) >= 11 is 3.43. The first-order valence-electron chi connectivity index (χ1n) is 5.80. The lowest BCUT2D eigenvalue weighted by Crippen LogP contribution is -2.01. The highest BCUT2D eigenvalue weighted by Crippen LogP contribution is 2.25. The van der Waals surface area contributed by atoms with Crippen LogP contribution in [-0.4, -0.2) is 15.9 Å². The third kappa shape index (κ3) is 3.04. The van der Waals surface area contributed by atoms with Gasteiger partial charge in [0.1, 0.15) is 5.78 Å². The molecule has 0 spiro atoms. The van der Waals surface area contributed by atoms with Crippen molar-refractivity contribution >= 4 is 21.7 Å². The van der Waals surface area contributed by atoms with E-state index in [1.165, 1.54) is 0 Å². The molecule has 94 valence electrons. The van der Waals surface area contributed by atoms with Gasteiger partial charge in [-0.05, 0) is 18.6 Å². The molecular weight excluding hydrogens is 296 g/mol. The molecule has 0 N–H and O–H groups in total. The number of rotatable bonds is 5. The number of aromatic nitrogens is 2.